The zero-order valence-corrected chi connectivity index (χ0v) is 15.9. The Bertz CT molecular complexity index is 798. The van der Waals surface area contributed by atoms with E-state index in [1.807, 2.05) is 0 Å². The molecule has 0 atom stereocenters. The van der Waals surface area contributed by atoms with Crippen LogP contribution in [-0.2, 0) is 6.18 Å². The van der Waals surface area contributed by atoms with E-state index in [4.69, 9.17) is 0 Å². The van der Waals surface area contributed by atoms with Gasteiger partial charge in [0.25, 0.3) is 5.91 Å². The van der Waals surface area contributed by atoms with Crippen molar-refractivity contribution >= 4 is 17.2 Å². The molecule has 1 saturated heterocycles. The summed E-state index contributed by atoms with van der Waals surface area (Å²) < 4.78 is 39.7. The van der Waals surface area contributed by atoms with Crippen molar-refractivity contribution in [1.29, 1.82) is 0 Å². The first-order valence-corrected chi connectivity index (χ1v) is 9.82. The summed E-state index contributed by atoms with van der Waals surface area (Å²) >= 11 is 1.00. The maximum atomic E-state index is 13.2. The second kappa shape index (κ2) is 8.39. The van der Waals surface area contributed by atoms with Gasteiger partial charge in [-0.3, -0.25) is 4.79 Å². The minimum Gasteiger partial charge on any atom is -0.350 e. The summed E-state index contributed by atoms with van der Waals surface area (Å²) in [6, 6.07) is 5.31. The highest BCUT2D eigenvalue weighted by atomic mass is 32.1. The predicted molar refractivity (Wildman–Crippen MR) is 99.9 cm³/mol. The molecule has 1 aromatic carbocycles. The number of aryl methyl sites for hydroxylation is 1. The van der Waals surface area contributed by atoms with E-state index in [-0.39, 0.29) is 16.5 Å². The molecule has 0 unspecified atom stereocenters. The third-order valence-corrected chi connectivity index (χ3v) is 5.82. The molecule has 1 fully saturated rings. The first-order valence-electron chi connectivity index (χ1n) is 9.01. The Morgan fingerprint density at radius 1 is 1.22 bits per heavy atom. The van der Waals surface area contributed by atoms with Crippen LogP contribution in [0.15, 0.2) is 24.3 Å². The number of hydrogen-bond donors (Lipinski definition) is 1. The molecule has 1 amide bonds. The molecule has 1 aromatic heterocycles. The van der Waals surface area contributed by atoms with Crippen LogP contribution < -0.4 is 5.32 Å². The zero-order chi connectivity index (χ0) is 19.4. The van der Waals surface area contributed by atoms with E-state index < -0.39 is 11.7 Å². The summed E-state index contributed by atoms with van der Waals surface area (Å²) in [4.78, 5) is 19.3. The van der Waals surface area contributed by atoms with Gasteiger partial charge in [0.2, 0.25) is 0 Å². The Morgan fingerprint density at radius 3 is 2.63 bits per heavy atom. The molecule has 27 heavy (non-hydrogen) atoms. The van der Waals surface area contributed by atoms with E-state index >= 15 is 0 Å². The largest absolute Gasteiger partial charge is 0.417 e. The highest BCUT2D eigenvalue weighted by molar-refractivity contribution is 7.17. The van der Waals surface area contributed by atoms with Gasteiger partial charge in [-0.1, -0.05) is 24.6 Å². The minimum atomic E-state index is -4.47. The summed E-state index contributed by atoms with van der Waals surface area (Å²) in [6.07, 6.45) is -0.841. The number of halogens is 3. The fraction of sp³-hybridized carbons (Fsp3) is 0.474. The predicted octanol–water partition coefficient (Wildman–Crippen LogP) is 4.35. The Kier molecular flexibility index (Phi) is 6.16. The molecule has 2 aromatic rings. The van der Waals surface area contributed by atoms with E-state index in [1.165, 1.54) is 31.4 Å². The molecule has 1 aliphatic rings. The van der Waals surface area contributed by atoms with Gasteiger partial charge >= 0.3 is 6.18 Å². The smallest absolute Gasteiger partial charge is 0.350 e. The molecule has 1 N–H and O–H groups in total. The van der Waals surface area contributed by atoms with Crippen molar-refractivity contribution in [2.24, 2.45) is 0 Å². The average Bonchev–Trinajstić information content (AvgIpc) is 3.03. The Balaban J connectivity index is 1.70. The molecule has 1 aliphatic heterocycles. The summed E-state index contributed by atoms with van der Waals surface area (Å²) in [5, 5.41) is 3.07. The summed E-state index contributed by atoms with van der Waals surface area (Å²) in [5.41, 5.74) is -0.288. The van der Waals surface area contributed by atoms with Crippen LogP contribution in [0.1, 0.15) is 40.2 Å². The summed E-state index contributed by atoms with van der Waals surface area (Å²) in [5.74, 6) is -0.280. The van der Waals surface area contributed by atoms with Gasteiger partial charge in [-0.25, -0.2) is 4.98 Å². The maximum Gasteiger partial charge on any atom is 0.417 e. The number of piperidine rings is 1. The quantitative estimate of drug-likeness (QED) is 0.816. The molecule has 0 saturated carbocycles. The van der Waals surface area contributed by atoms with E-state index in [0.717, 1.165) is 37.0 Å². The Hall–Kier alpha value is -1.93. The highest BCUT2D eigenvalue weighted by Crippen LogP contribution is 2.38. The number of nitrogens with zero attached hydrogens (tertiary/aromatic N) is 2. The van der Waals surface area contributed by atoms with Crippen LogP contribution in [-0.4, -0.2) is 42.0 Å². The molecule has 2 heterocycles. The van der Waals surface area contributed by atoms with Crippen LogP contribution in [0, 0.1) is 6.92 Å². The standard InChI is InChI=1S/C19H22F3N3OS/c1-13-16(17(26)23-9-12-25-10-5-2-6-11-25)27-18(24-13)14-7-3-4-8-15(14)19(20,21)22/h3-4,7-8H,2,5-6,9-12H2,1H3,(H,23,26). The fourth-order valence-corrected chi connectivity index (χ4v) is 4.25. The molecular formula is C19H22F3N3OS. The molecule has 0 radical (unpaired) electrons. The highest BCUT2D eigenvalue weighted by Gasteiger charge is 2.34. The fourth-order valence-electron chi connectivity index (χ4n) is 3.23. The number of hydrogen-bond acceptors (Lipinski definition) is 4. The number of carbonyl (C=O) groups is 1. The molecular weight excluding hydrogens is 375 g/mol. The minimum absolute atomic E-state index is 0.00506. The number of aromatic nitrogens is 1. The molecule has 3 rings (SSSR count). The first kappa shape index (κ1) is 19.8. The van der Waals surface area contributed by atoms with Gasteiger partial charge < -0.3 is 10.2 Å². The van der Waals surface area contributed by atoms with Crippen molar-refractivity contribution in [3.8, 4) is 10.6 Å². The van der Waals surface area contributed by atoms with Crippen LogP contribution in [0.4, 0.5) is 13.2 Å². The Morgan fingerprint density at radius 2 is 1.93 bits per heavy atom. The van der Waals surface area contributed by atoms with E-state index in [1.54, 1.807) is 13.0 Å². The molecule has 0 aliphatic carbocycles. The maximum absolute atomic E-state index is 13.2. The number of amides is 1. The average molecular weight is 397 g/mol. The van der Waals surface area contributed by atoms with Gasteiger partial charge in [0.15, 0.2) is 0 Å². The van der Waals surface area contributed by atoms with E-state index in [9.17, 15) is 18.0 Å². The third kappa shape index (κ3) is 4.87. The van der Waals surface area contributed by atoms with Gasteiger partial charge in [0, 0.05) is 18.7 Å². The lowest BCUT2D eigenvalue weighted by atomic mass is 10.1. The number of rotatable bonds is 5. The van der Waals surface area contributed by atoms with Crippen LogP contribution in [0.25, 0.3) is 10.6 Å². The molecule has 0 spiro atoms. The normalized spacial score (nSPS) is 15.7. The van der Waals surface area contributed by atoms with Crippen molar-refractivity contribution in [2.75, 3.05) is 26.2 Å². The number of benzene rings is 1. The lowest BCUT2D eigenvalue weighted by molar-refractivity contribution is -0.137. The van der Waals surface area contributed by atoms with Crippen LogP contribution in [0.3, 0.4) is 0 Å². The monoisotopic (exact) mass is 397 g/mol. The lowest BCUT2D eigenvalue weighted by Gasteiger charge is -2.26. The second-order valence-electron chi connectivity index (χ2n) is 6.64. The molecule has 0 bridgehead atoms. The van der Waals surface area contributed by atoms with Gasteiger partial charge in [0.05, 0.1) is 11.3 Å². The van der Waals surface area contributed by atoms with Crippen molar-refractivity contribution in [3.05, 3.63) is 40.4 Å². The number of carbonyl (C=O) groups excluding carboxylic acids is 1. The van der Waals surface area contributed by atoms with Gasteiger partial charge in [-0.05, 0) is 38.9 Å². The third-order valence-electron chi connectivity index (χ3n) is 4.63. The SMILES string of the molecule is Cc1nc(-c2ccccc2C(F)(F)F)sc1C(=O)NCCN1CCCCC1. The van der Waals surface area contributed by atoms with E-state index in [2.05, 4.69) is 15.2 Å². The topological polar surface area (TPSA) is 45.2 Å². The summed E-state index contributed by atoms with van der Waals surface area (Å²) in [6.45, 7) is 5.05. The van der Waals surface area contributed by atoms with Crippen LogP contribution in [0.5, 0.6) is 0 Å². The number of likely N-dealkylation sites (tertiary alicyclic amines) is 1. The van der Waals surface area contributed by atoms with E-state index in [0.29, 0.717) is 17.1 Å². The number of thiazole rings is 1. The lowest BCUT2D eigenvalue weighted by Crippen LogP contribution is -2.37. The molecule has 146 valence electrons. The number of nitrogens with one attached hydrogen (secondary N) is 1. The van der Waals surface area contributed by atoms with Gasteiger partial charge in [0.1, 0.15) is 9.88 Å². The second-order valence-corrected chi connectivity index (χ2v) is 7.63. The number of alkyl halides is 3. The van der Waals surface area contributed by atoms with Crippen molar-refractivity contribution in [1.82, 2.24) is 15.2 Å². The van der Waals surface area contributed by atoms with Gasteiger partial charge in [-0.15, -0.1) is 11.3 Å². The van der Waals surface area contributed by atoms with Crippen molar-refractivity contribution in [2.45, 2.75) is 32.4 Å². The Labute approximate surface area is 160 Å². The van der Waals surface area contributed by atoms with Crippen LogP contribution >= 0.6 is 11.3 Å². The van der Waals surface area contributed by atoms with Crippen molar-refractivity contribution < 1.29 is 18.0 Å². The molecule has 8 heteroatoms. The summed E-state index contributed by atoms with van der Waals surface area (Å²) in [7, 11) is 0. The van der Waals surface area contributed by atoms with Crippen LogP contribution in [0.2, 0.25) is 0 Å². The van der Waals surface area contributed by atoms with Gasteiger partial charge in [-0.2, -0.15) is 13.2 Å². The zero-order valence-electron chi connectivity index (χ0n) is 15.1. The first-order chi connectivity index (χ1) is 12.9. The molecule has 4 nitrogen and oxygen atoms in total. The van der Waals surface area contributed by atoms with Crippen molar-refractivity contribution in [3.63, 3.8) is 0 Å².